The van der Waals surface area contributed by atoms with Crippen molar-refractivity contribution in [1.29, 1.82) is 0 Å². The molecular formula is C7H13N3S. The zero-order valence-corrected chi connectivity index (χ0v) is 7.56. The zero-order valence-electron chi connectivity index (χ0n) is 6.74. The van der Waals surface area contributed by atoms with E-state index < -0.39 is 0 Å². The number of rotatable bonds is 2. The summed E-state index contributed by atoms with van der Waals surface area (Å²) in [6.07, 6.45) is 0. The van der Waals surface area contributed by atoms with Gasteiger partial charge in [-0.05, 0) is 6.92 Å². The molecule has 2 unspecified atom stereocenters. The molecule has 1 rings (SSSR count). The molecule has 2 atom stereocenters. The molecule has 0 bridgehead atoms. The van der Waals surface area contributed by atoms with Crippen LogP contribution in [0, 0.1) is 0 Å². The van der Waals surface area contributed by atoms with Gasteiger partial charge in [0.15, 0.2) is 5.13 Å². The molecule has 1 heterocycles. The fourth-order valence-corrected chi connectivity index (χ4v) is 1.45. The molecule has 1 aromatic heterocycles. The maximum Gasteiger partial charge on any atom is 0.180 e. The number of anilines is 1. The van der Waals surface area contributed by atoms with Crippen molar-refractivity contribution in [2.45, 2.75) is 25.8 Å². The van der Waals surface area contributed by atoms with Gasteiger partial charge in [0, 0.05) is 17.3 Å². The van der Waals surface area contributed by atoms with Crippen LogP contribution in [0.5, 0.6) is 0 Å². The Morgan fingerprint density at radius 3 is 2.55 bits per heavy atom. The smallest absolute Gasteiger partial charge is 0.180 e. The van der Waals surface area contributed by atoms with Crippen LogP contribution in [0.4, 0.5) is 5.13 Å². The lowest BCUT2D eigenvalue weighted by molar-refractivity contribution is 0.602. The van der Waals surface area contributed by atoms with Gasteiger partial charge in [-0.25, -0.2) is 4.98 Å². The van der Waals surface area contributed by atoms with E-state index in [4.69, 9.17) is 11.5 Å². The van der Waals surface area contributed by atoms with Gasteiger partial charge < -0.3 is 11.5 Å². The largest absolute Gasteiger partial charge is 0.375 e. The molecule has 0 aromatic carbocycles. The Hall–Kier alpha value is -0.610. The van der Waals surface area contributed by atoms with Crippen LogP contribution in [-0.4, -0.2) is 11.0 Å². The number of nitrogen functional groups attached to an aromatic ring is 1. The van der Waals surface area contributed by atoms with Crippen molar-refractivity contribution in [2.75, 3.05) is 5.73 Å². The van der Waals surface area contributed by atoms with Gasteiger partial charge in [-0.15, -0.1) is 11.3 Å². The maximum absolute atomic E-state index is 5.70. The van der Waals surface area contributed by atoms with E-state index >= 15 is 0 Å². The van der Waals surface area contributed by atoms with Crippen LogP contribution in [0.3, 0.4) is 0 Å². The first-order valence-electron chi connectivity index (χ1n) is 3.57. The minimum Gasteiger partial charge on any atom is -0.375 e. The van der Waals surface area contributed by atoms with Crippen molar-refractivity contribution in [2.24, 2.45) is 5.73 Å². The number of thiazole rings is 1. The number of nitrogens with zero attached hydrogens (tertiary/aromatic N) is 1. The summed E-state index contributed by atoms with van der Waals surface area (Å²) in [6.45, 7) is 4.03. The van der Waals surface area contributed by atoms with Gasteiger partial charge in [0.05, 0.1) is 5.69 Å². The van der Waals surface area contributed by atoms with E-state index in [1.807, 2.05) is 12.3 Å². The molecule has 11 heavy (non-hydrogen) atoms. The predicted molar refractivity (Wildman–Crippen MR) is 48.6 cm³/mol. The average Bonchev–Trinajstić information content (AvgIpc) is 2.34. The summed E-state index contributed by atoms with van der Waals surface area (Å²) >= 11 is 1.46. The highest BCUT2D eigenvalue weighted by molar-refractivity contribution is 7.13. The van der Waals surface area contributed by atoms with Gasteiger partial charge in [0.1, 0.15) is 0 Å². The van der Waals surface area contributed by atoms with Crippen molar-refractivity contribution >= 4 is 16.5 Å². The minimum atomic E-state index is 0.136. The first-order valence-corrected chi connectivity index (χ1v) is 4.45. The minimum absolute atomic E-state index is 0.136. The summed E-state index contributed by atoms with van der Waals surface area (Å²) in [6, 6.07) is 0.136. The topological polar surface area (TPSA) is 64.9 Å². The van der Waals surface area contributed by atoms with Gasteiger partial charge in [-0.1, -0.05) is 6.92 Å². The molecule has 4 heteroatoms. The third-order valence-electron chi connectivity index (χ3n) is 1.79. The van der Waals surface area contributed by atoms with Crippen molar-refractivity contribution < 1.29 is 0 Å². The molecular weight excluding hydrogens is 158 g/mol. The van der Waals surface area contributed by atoms with Crippen molar-refractivity contribution in [3.63, 3.8) is 0 Å². The van der Waals surface area contributed by atoms with Gasteiger partial charge in [-0.3, -0.25) is 0 Å². The molecule has 0 spiro atoms. The van der Waals surface area contributed by atoms with Gasteiger partial charge >= 0.3 is 0 Å². The molecule has 3 nitrogen and oxygen atoms in total. The zero-order chi connectivity index (χ0) is 8.43. The van der Waals surface area contributed by atoms with E-state index in [0.29, 0.717) is 11.0 Å². The summed E-state index contributed by atoms with van der Waals surface area (Å²) in [7, 11) is 0. The van der Waals surface area contributed by atoms with Crippen LogP contribution >= 0.6 is 11.3 Å². The molecule has 0 radical (unpaired) electrons. The van der Waals surface area contributed by atoms with E-state index in [1.165, 1.54) is 11.3 Å². The molecule has 4 N–H and O–H groups in total. The predicted octanol–water partition coefficient (Wildman–Crippen LogP) is 1.18. The first kappa shape index (κ1) is 8.49. The molecule has 0 saturated heterocycles. The highest BCUT2D eigenvalue weighted by atomic mass is 32.1. The SMILES string of the molecule is CC(N)C(C)c1csc(N)n1. The summed E-state index contributed by atoms with van der Waals surface area (Å²) in [5, 5.41) is 2.58. The number of nitrogens with two attached hydrogens (primary N) is 2. The van der Waals surface area contributed by atoms with E-state index in [-0.39, 0.29) is 6.04 Å². The lowest BCUT2D eigenvalue weighted by Gasteiger charge is -2.11. The highest BCUT2D eigenvalue weighted by Crippen LogP contribution is 2.21. The van der Waals surface area contributed by atoms with Crippen LogP contribution in [-0.2, 0) is 0 Å². The van der Waals surface area contributed by atoms with Crippen LogP contribution in [0.15, 0.2) is 5.38 Å². The summed E-state index contributed by atoms with van der Waals surface area (Å²) in [4.78, 5) is 4.15. The molecule has 0 fully saturated rings. The Labute approximate surface area is 70.4 Å². The van der Waals surface area contributed by atoms with Crippen LogP contribution in [0.1, 0.15) is 25.5 Å². The third kappa shape index (κ3) is 1.91. The normalized spacial score (nSPS) is 16.3. The van der Waals surface area contributed by atoms with E-state index in [0.717, 1.165) is 5.69 Å². The number of hydrogen-bond donors (Lipinski definition) is 2. The summed E-state index contributed by atoms with van der Waals surface area (Å²) in [5.41, 5.74) is 12.2. The molecule has 62 valence electrons. The number of hydrogen-bond acceptors (Lipinski definition) is 4. The Morgan fingerprint density at radius 2 is 2.18 bits per heavy atom. The Kier molecular flexibility index (Phi) is 2.46. The molecule has 0 aliphatic carbocycles. The standard InChI is InChI=1S/C7H13N3S/c1-4(5(2)8)6-3-11-7(9)10-6/h3-5H,8H2,1-2H3,(H2,9,10). The fourth-order valence-electron chi connectivity index (χ4n) is 0.779. The second-order valence-corrected chi connectivity index (χ2v) is 3.65. The number of aromatic nitrogens is 1. The van der Waals surface area contributed by atoms with E-state index in [2.05, 4.69) is 11.9 Å². The van der Waals surface area contributed by atoms with E-state index in [1.54, 1.807) is 0 Å². The summed E-state index contributed by atoms with van der Waals surface area (Å²) in [5.74, 6) is 0.295. The summed E-state index contributed by atoms with van der Waals surface area (Å²) < 4.78 is 0. The highest BCUT2D eigenvalue weighted by Gasteiger charge is 2.12. The van der Waals surface area contributed by atoms with Gasteiger partial charge in [0.25, 0.3) is 0 Å². The first-order chi connectivity index (χ1) is 5.11. The van der Waals surface area contributed by atoms with Crippen molar-refractivity contribution in [1.82, 2.24) is 4.98 Å². The van der Waals surface area contributed by atoms with Crippen LogP contribution in [0.2, 0.25) is 0 Å². The van der Waals surface area contributed by atoms with Gasteiger partial charge in [0.2, 0.25) is 0 Å². The molecule has 0 amide bonds. The average molecular weight is 171 g/mol. The molecule has 1 aromatic rings. The van der Waals surface area contributed by atoms with Crippen LogP contribution < -0.4 is 11.5 Å². The van der Waals surface area contributed by atoms with Crippen molar-refractivity contribution in [3.05, 3.63) is 11.1 Å². The quantitative estimate of drug-likeness (QED) is 0.702. The van der Waals surface area contributed by atoms with Gasteiger partial charge in [-0.2, -0.15) is 0 Å². The lowest BCUT2D eigenvalue weighted by Crippen LogP contribution is -2.22. The second-order valence-electron chi connectivity index (χ2n) is 2.76. The maximum atomic E-state index is 5.70. The Morgan fingerprint density at radius 1 is 1.55 bits per heavy atom. The second kappa shape index (κ2) is 3.19. The molecule has 0 aliphatic rings. The molecule has 0 aliphatic heterocycles. The van der Waals surface area contributed by atoms with Crippen molar-refractivity contribution in [3.8, 4) is 0 Å². The Balaban J connectivity index is 2.76. The molecule has 0 saturated carbocycles. The van der Waals surface area contributed by atoms with Crippen LogP contribution in [0.25, 0.3) is 0 Å². The monoisotopic (exact) mass is 171 g/mol. The van der Waals surface area contributed by atoms with E-state index in [9.17, 15) is 0 Å². The lowest BCUT2D eigenvalue weighted by atomic mass is 10.0. The Bertz CT molecular complexity index is 231. The fraction of sp³-hybridized carbons (Fsp3) is 0.571. The third-order valence-corrected chi connectivity index (χ3v) is 2.49.